The van der Waals surface area contributed by atoms with E-state index in [0.29, 0.717) is 6.10 Å². The lowest BCUT2D eigenvalue weighted by Gasteiger charge is -2.33. The molecule has 0 aromatic carbocycles. The largest absolute Gasteiger partial charge is 0.370 e. The molecule has 1 spiro atoms. The summed E-state index contributed by atoms with van der Waals surface area (Å²) in [4.78, 5) is 14.3. The number of rotatable bonds is 4. The fourth-order valence-electron chi connectivity index (χ4n) is 4.21. The summed E-state index contributed by atoms with van der Waals surface area (Å²) in [5, 5.41) is 3.41. The van der Waals surface area contributed by atoms with Crippen LogP contribution >= 0.6 is 0 Å². The van der Waals surface area contributed by atoms with Gasteiger partial charge in [0.1, 0.15) is 0 Å². The van der Waals surface area contributed by atoms with E-state index in [0.717, 1.165) is 38.9 Å². The van der Waals surface area contributed by atoms with Crippen molar-refractivity contribution in [1.29, 1.82) is 0 Å². The Kier molecular flexibility index (Phi) is 4.85. The quantitative estimate of drug-likeness (QED) is 0.866. The van der Waals surface area contributed by atoms with Gasteiger partial charge in [-0.25, -0.2) is 0 Å². The molecule has 2 atom stereocenters. The van der Waals surface area contributed by atoms with E-state index in [1.54, 1.807) is 0 Å². The monoisotopic (exact) mass is 294 g/mol. The number of hydrogen-bond donors (Lipinski definition) is 1. The number of carbonyl (C=O) groups is 1. The molecule has 2 heterocycles. The van der Waals surface area contributed by atoms with Gasteiger partial charge in [0.15, 0.2) is 0 Å². The fourth-order valence-corrected chi connectivity index (χ4v) is 4.21. The predicted octanol–water partition coefficient (Wildman–Crippen LogP) is 2.47. The van der Waals surface area contributed by atoms with Crippen LogP contribution in [-0.4, -0.2) is 48.2 Å². The second kappa shape index (κ2) is 6.66. The highest BCUT2D eigenvalue weighted by molar-refractivity contribution is 5.81. The molecular formula is C17H30N2O2. The summed E-state index contributed by atoms with van der Waals surface area (Å²) >= 11 is 0. The SMILES string of the molecule is CC(NCC1CCC2(CCCCC2)O1)C(=O)N1CCCC1. The summed E-state index contributed by atoms with van der Waals surface area (Å²) in [5.41, 5.74) is 0.187. The van der Waals surface area contributed by atoms with Gasteiger partial charge in [-0.15, -0.1) is 0 Å². The Labute approximate surface area is 128 Å². The number of likely N-dealkylation sites (tertiary alicyclic amines) is 1. The van der Waals surface area contributed by atoms with Gasteiger partial charge in [0.2, 0.25) is 5.91 Å². The molecule has 0 radical (unpaired) electrons. The third-order valence-corrected chi connectivity index (χ3v) is 5.54. The normalized spacial score (nSPS) is 30.0. The van der Waals surface area contributed by atoms with Crippen molar-refractivity contribution in [1.82, 2.24) is 10.2 Å². The van der Waals surface area contributed by atoms with E-state index in [1.807, 2.05) is 11.8 Å². The van der Waals surface area contributed by atoms with Gasteiger partial charge in [0, 0.05) is 19.6 Å². The van der Waals surface area contributed by atoms with Gasteiger partial charge in [-0.3, -0.25) is 4.79 Å². The molecule has 1 saturated carbocycles. The van der Waals surface area contributed by atoms with Gasteiger partial charge >= 0.3 is 0 Å². The fraction of sp³-hybridized carbons (Fsp3) is 0.941. The summed E-state index contributed by atoms with van der Waals surface area (Å²) in [6.45, 7) is 4.69. The lowest BCUT2D eigenvalue weighted by Crippen LogP contribution is -2.46. The molecule has 3 fully saturated rings. The van der Waals surface area contributed by atoms with E-state index < -0.39 is 0 Å². The smallest absolute Gasteiger partial charge is 0.239 e. The van der Waals surface area contributed by atoms with Crippen LogP contribution in [0.4, 0.5) is 0 Å². The molecular weight excluding hydrogens is 264 g/mol. The highest BCUT2D eigenvalue weighted by atomic mass is 16.5. The van der Waals surface area contributed by atoms with E-state index in [9.17, 15) is 4.79 Å². The second-order valence-electron chi connectivity index (χ2n) is 7.18. The molecule has 2 saturated heterocycles. The van der Waals surface area contributed by atoms with Crippen LogP contribution in [0.2, 0.25) is 0 Å². The Morgan fingerprint density at radius 2 is 1.90 bits per heavy atom. The molecule has 0 bridgehead atoms. The van der Waals surface area contributed by atoms with Crippen molar-refractivity contribution in [2.45, 2.75) is 82.5 Å². The molecule has 120 valence electrons. The summed E-state index contributed by atoms with van der Waals surface area (Å²) < 4.78 is 6.36. The van der Waals surface area contributed by atoms with Gasteiger partial charge in [-0.2, -0.15) is 0 Å². The Morgan fingerprint density at radius 3 is 2.62 bits per heavy atom. The highest BCUT2D eigenvalue weighted by Crippen LogP contribution is 2.41. The van der Waals surface area contributed by atoms with Gasteiger partial charge in [0.25, 0.3) is 0 Å². The van der Waals surface area contributed by atoms with Crippen molar-refractivity contribution in [3.63, 3.8) is 0 Å². The molecule has 1 N–H and O–H groups in total. The minimum Gasteiger partial charge on any atom is -0.370 e. The minimum absolute atomic E-state index is 0.0744. The molecule has 3 aliphatic rings. The average molecular weight is 294 g/mol. The molecule has 2 aliphatic heterocycles. The molecule has 0 aromatic rings. The van der Waals surface area contributed by atoms with Gasteiger partial charge < -0.3 is 15.0 Å². The Morgan fingerprint density at radius 1 is 1.19 bits per heavy atom. The second-order valence-corrected chi connectivity index (χ2v) is 7.18. The van der Waals surface area contributed by atoms with Crippen LogP contribution < -0.4 is 5.32 Å². The number of carbonyl (C=O) groups excluding carboxylic acids is 1. The summed E-state index contributed by atoms with van der Waals surface area (Å²) in [7, 11) is 0. The number of ether oxygens (including phenoxy) is 1. The zero-order valence-corrected chi connectivity index (χ0v) is 13.4. The van der Waals surface area contributed by atoms with Crippen LogP contribution in [0.3, 0.4) is 0 Å². The molecule has 4 heteroatoms. The van der Waals surface area contributed by atoms with Crippen LogP contribution in [0.15, 0.2) is 0 Å². The van der Waals surface area contributed by atoms with E-state index in [-0.39, 0.29) is 17.6 Å². The summed E-state index contributed by atoms with van der Waals surface area (Å²) in [6, 6.07) is -0.0744. The Hall–Kier alpha value is -0.610. The molecule has 4 nitrogen and oxygen atoms in total. The van der Waals surface area contributed by atoms with Crippen molar-refractivity contribution in [2.75, 3.05) is 19.6 Å². The maximum Gasteiger partial charge on any atom is 0.239 e. The van der Waals surface area contributed by atoms with Crippen molar-refractivity contribution in [3.05, 3.63) is 0 Å². The van der Waals surface area contributed by atoms with Crippen molar-refractivity contribution in [2.24, 2.45) is 0 Å². The van der Waals surface area contributed by atoms with Gasteiger partial charge in [0.05, 0.1) is 17.7 Å². The maximum atomic E-state index is 12.3. The van der Waals surface area contributed by atoms with Crippen LogP contribution in [0, 0.1) is 0 Å². The number of amides is 1. The lowest BCUT2D eigenvalue weighted by molar-refractivity contribution is -0.132. The highest BCUT2D eigenvalue weighted by Gasteiger charge is 2.40. The van der Waals surface area contributed by atoms with E-state index in [2.05, 4.69) is 5.32 Å². The standard InChI is InChI=1S/C17H30N2O2/c1-14(16(20)19-11-5-6-12-19)18-13-15-7-10-17(21-15)8-3-2-4-9-17/h14-15,18H,2-13H2,1H3. The summed E-state index contributed by atoms with van der Waals surface area (Å²) in [5.74, 6) is 0.262. The topological polar surface area (TPSA) is 41.6 Å². The zero-order chi connectivity index (χ0) is 14.7. The average Bonchev–Trinajstić information content (AvgIpc) is 3.15. The van der Waals surface area contributed by atoms with Gasteiger partial charge in [-0.05, 0) is 45.4 Å². The first kappa shape index (κ1) is 15.3. The van der Waals surface area contributed by atoms with Gasteiger partial charge in [-0.1, -0.05) is 19.3 Å². The van der Waals surface area contributed by atoms with E-state index in [1.165, 1.54) is 38.5 Å². The molecule has 1 amide bonds. The first-order valence-electron chi connectivity index (χ1n) is 8.89. The molecule has 21 heavy (non-hydrogen) atoms. The Bertz CT molecular complexity index is 360. The molecule has 2 unspecified atom stereocenters. The van der Waals surface area contributed by atoms with Crippen molar-refractivity contribution >= 4 is 5.91 Å². The van der Waals surface area contributed by atoms with Crippen LogP contribution in [-0.2, 0) is 9.53 Å². The molecule has 3 rings (SSSR count). The Balaban J connectivity index is 1.42. The predicted molar refractivity (Wildman–Crippen MR) is 83.2 cm³/mol. The molecule has 1 aliphatic carbocycles. The van der Waals surface area contributed by atoms with Crippen molar-refractivity contribution < 1.29 is 9.53 Å². The maximum absolute atomic E-state index is 12.3. The van der Waals surface area contributed by atoms with Crippen LogP contribution in [0.25, 0.3) is 0 Å². The van der Waals surface area contributed by atoms with E-state index in [4.69, 9.17) is 4.74 Å². The third kappa shape index (κ3) is 3.59. The zero-order valence-electron chi connectivity index (χ0n) is 13.4. The number of hydrogen-bond acceptors (Lipinski definition) is 3. The lowest BCUT2D eigenvalue weighted by atomic mass is 9.83. The van der Waals surface area contributed by atoms with Crippen molar-refractivity contribution in [3.8, 4) is 0 Å². The van der Waals surface area contributed by atoms with Crippen LogP contribution in [0.5, 0.6) is 0 Å². The summed E-state index contributed by atoms with van der Waals surface area (Å²) in [6.07, 6.45) is 11.5. The number of nitrogens with one attached hydrogen (secondary N) is 1. The van der Waals surface area contributed by atoms with E-state index >= 15 is 0 Å². The van der Waals surface area contributed by atoms with Crippen LogP contribution in [0.1, 0.15) is 64.7 Å². The minimum atomic E-state index is -0.0744. The third-order valence-electron chi connectivity index (χ3n) is 5.54. The number of nitrogens with zero attached hydrogens (tertiary/aromatic N) is 1. The first-order chi connectivity index (χ1) is 10.2. The first-order valence-corrected chi connectivity index (χ1v) is 8.89. The molecule has 0 aromatic heterocycles.